The van der Waals surface area contributed by atoms with Gasteiger partial charge in [0.05, 0.1) is 0 Å². The van der Waals surface area contributed by atoms with E-state index >= 15 is 0 Å². The second-order valence-corrected chi connectivity index (χ2v) is 6.83. The van der Waals surface area contributed by atoms with E-state index in [-0.39, 0.29) is 35.9 Å². The first-order valence-electron chi connectivity index (χ1n) is 7.93. The molecule has 0 aromatic heterocycles. The van der Waals surface area contributed by atoms with Gasteiger partial charge in [-0.2, -0.15) is 13.2 Å². The topological polar surface area (TPSA) is 45.0 Å². The van der Waals surface area contributed by atoms with Crippen LogP contribution >= 0.6 is 0 Å². The Balaban J connectivity index is 1.51. The minimum Gasteiger partial charge on any atom is -0.335 e. The fourth-order valence-electron chi connectivity index (χ4n) is 3.61. The normalized spacial score (nSPS) is 26.8. The summed E-state index contributed by atoms with van der Waals surface area (Å²) < 4.78 is 65.3. The molecule has 1 saturated carbocycles. The predicted molar refractivity (Wildman–Crippen MR) is 76.1 cm³/mol. The van der Waals surface area contributed by atoms with Gasteiger partial charge in [-0.1, -0.05) is 12.1 Å². The van der Waals surface area contributed by atoms with Gasteiger partial charge in [0.2, 0.25) is 5.92 Å². The Morgan fingerprint density at radius 3 is 2.36 bits per heavy atom. The predicted octanol–water partition coefficient (Wildman–Crippen LogP) is 4.13. The van der Waals surface area contributed by atoms with Crippen molar-refractivity contribution >= 4 is 5.91 Å². The minimum absolute atomic E-state index is 0.0919. The van der Waals surface area contributed by atoms with E-state index in [0.717, 1.165) is 6.07 Å². The van der Waals surface area contributed by atoms with E-state index in [9.17, 15) is 26.7 Å². The number of carbonyl (C=O) groups excluding carboxylic acids is 1. The Labute approximate surface area is 139 Å². The third-order valence-electron chi connectivity index (χ3n) is 5.20. The Bertz CT molecular complexity index is 746. The number of rotatable bonds is 3. The third kappa shape index (κ3) is 2.51. The van der Waals surface area contributed by atoms with Gasteiger partial charge < -0.3 is 4.90 Å². The molecule has 2 heterocycles. The fourth-order valence-corrected chi connectivity index (χ4v) is 3.61. The molecule has 3 aliphatic rings. The number of nitrogens with zero attached hydrogens (tertiary/aromatic N) is 3. The first-order valence-corrected chi connectivity index (χ1v) is 7.93. The molecular weight excluding hydrogens is 345 g/mol. The van der Waals surface area contributed by atoms with Crippen molar-refractivity contribution in [2.24, 2.45) is 16.1 Å². The standard InChI is InChI=1S/C16H14F5N3O/c17-14(18)7-10(8-14)12-4-5-24(12)13(25)9-2-1-3-11(6-9)15(22-23-15)16(19,20)21/h1-3,6,10,12H,4-5,7-8H2. The summed E-state index contributed by atoms with van der Waals surface area (Å²) >= 11 is 0. The molecular formula is C16H14F5N3O. The second-order valence-electron chi connectivity index (χ2n) is 6.83. The quantitative estimate of drug-likeness (QED) is 0.749. The average molecular weight is 359 g/mol. The third-order valence-corrected chi connectivity index (χ3v) is 5.20. The molecule has 0 bridgehead atoms. The molecule has 1 atom stereocenters. The van der Waals surface area contributed by atoms with Crippen molar-refractivity contribution in [3.63, 3.8) is 0 Å². The van der Waals surface area contributed by atoms with Crippen molar-refractivity contribution in [2.75, 3.05) is 6.54 Å². The van der Waals surface area contributed by atoms with E-state index in [1.807, 2.05) is 0 Å². The number of amides is 1. The van der Waals surface area contributed by atoms with Gasteiger partial charge >= 0.3 is 11.8 Å². The van der Waals surface area contributed by atoms with E-state index in [1.165, 1.54) is 23.1 Å². The van der Waals surface area contributed by atoms with Crippen LogP contribution in [0.4, 0.5) is 22.0 Å². The number of alkyl halides is 5. The summed E-state index contributed by atoms with van der Waals surface area (Å²) in [6.45, 7) is 0.426. The summed E-state index contributed by atoms with van der Waals surface area (Å²) in [5.74, 6) is -3.35. The van der Waals surface area contributed by atoms with Gasteiger partial charge in [0, 0.05) is 36.6 Å². The largest absolute Gasteiger partial charge is 0.442 e. The van der Waals surface area contributed by atoms with Crippen LogP contribution in [0.25, 0.3) is 0 Å². The van der Waals surface area contributed by atoms with Crippen LogP contribution in [0.2, 0.25) is 0 Å². The number of hydrogen-bond donors (Lipinski definition) is 0. The zero-order valence-electron chi connectivity index (χ0n) is 12.9. The van der Waals surface area contributed by atoms with Gasteiger partial charge in [-0.15, -0.1) is 10.2 Å². The Morgan fingerprint density at radius 1 is 1.20 bits per heavy atom. The molecule has 1 amide bonds. The minimum atomic E-state index is -4.66. The van der Waals surface area contributed by atoms with E-state index in [0.29, 0.717) is 13.0 Å². The van der Waals surface area contributed by atoms with Crippen molar-refractivity contribution in [1.29, 1.82) is 0 Å². The van der Waals surface area contributed by atoms with Crippen molar-refractivity contribution in [3.8, 4) is 0 Å². The maximum Gasteiger partial charge on any atom is 0.442 e. The molecule has 25 heavy (non-hydrogen) atoms. The van der Waals surface area contributed by atoms with Crippen LogP contribution in [-0.2, 0) is 5.66 Å². The van der Waals surface area contributed by atoms with Crippen LogP contribution in [0.3, 0.4) is 0 Å². The SMILES string of the molecule is O=C(c1cccc(C2(C(F)(F)F)N=N2)c1)N1CCC1C1CC(F)(F)C1. The fraction of sp³-hybridized carbons (Fsp3) is 0.562. The maximum atomic E-state index is 13.1. The van der Waals surface area contributed by atoms with E-state index < -0.39 is 23.7 Å². The molecule has 4 rings (SSSR count). The van der Waals surface area contributed by atoms with Crippen LogP contribution in [0.15, 0.2) is 34.5 Å². The molecule has 0 N–H and O–H groups in total. The molecule has 0 spiro atoms. The molecule has 1 saturated heterocycles. The van der Waals surface area contributed by atoms with Gasteiger partial charge in [0.1, 0.15) is 0 Å². The molecule has 4 nitrogen and oxygen atoms in total. The van der Waals surface area contributed by atoms with Gasteiger partial charge in [0.25, 0.3) is 5.91 Å². The Hall–Kier alpha value is -2.06. The van der Waals surface area contributed by atoms with Crippen LogP contribution < -0.4 is 0 Å². The number of benzene rings is 1. The van der Waals surface area contributed by atoms with Gasteiger partial charge in [-0.05, 0) is 24.5 Å². The lowest BCUT2D eigenvalue weighted by Crippen LogP contribution is -2.59. The van der Waals surface area contributed by atoms with Crippen LogP contribution in [0.1, 0.15) is 35.2 Å². The molecule has 1 aliphatic carbocycles. The van der Waals surface area contributed by atoms with Crippen LogP contribution in [0, 0.1) is 5.92 Å². The first-order chi connectivity index (χ1) is 11.6. The van der Waals surface area contributed by atoms with Gasteiger partial charge in [-0.3, -0.25) is 4.79 Å². The number of carbonyl (C=O) groups is 1. The zero-order valence-corrected chi connectivity index (χ0v) is 12.9. The van der Waals surface area contributed by atoms with Crippen LogP contribution in [0.5, 0.6) is 0 Å². The summed E-state index contributed by atoms with van der Waals surface area (Å²) in [5, 5.41) is 6.26. The number of likely N-dealkylation sites (tertiary alicyclic amines) is 1. The van der Waals surface area contributed by atoms with Crippen molar-refractivity contribution in [2.45, 2.75) is 43.1 Å². The Morgan fingerprint density at radius 2 is 1.88 bits per heavy atom. The number of hydrogen-bond acceptors (Lipinski definition) is 3. The highest BCUT2D eigenvalue weighted by atomic mass is 19.4. The Kier molecular flexibility index (Phi) is 3.27. The lowest BCUT2D eigenvalue weighted by molar-refractivity contribution is -0.166. The van der Waals surface area contributed by atoms with Crippen LogP contribution in [-0.4, -0.2) is 35.5 Å². The monoisotopic (exact) mass is 359 g/mol. The highest BCUT2D eigenvalue weighted by Crippen LogP contribution is 2.52. The summed E-state index contributed by atoms with van der Waals surface area (Å²) in [4.78, 5) is 14.1. The summed E-state index contributed by atoms with van der Waals surface area (Å²) in [5.41, 5.74) is -2.69. The molecule has 1 aromatic carbocycles. The molecule has 2 aliphatic heterocycles. The van der Waals surface area contributed by atoms with Crippen molar-refractivity contribution < 1.29 is 26.7 Å². The molecule has 1 unspecified atom stereocenters. The second kappa shape index (κ2) is 4.98. The lowest BCUT2D eigenvalue weighted by atomic mass is 9.72. The maximum absolute atomic E-state index is 13.1. The molecule has 2 fully saturated rings. The number of halogens is 5. The van der Waals surface area contributed by atoms with Crippen molar-refractivity contribution in [1.82, 2.24) is 4.90 Å². The zero-order chi connectivity index (χ0) is 18.0. The summed E-state index contributed by atoms with van der Waals surface area (Å²) in [6.07, 6.45) is -4.50. The average Bonchev–Trinajstić information content (AvgIpc) is 3.25. The smallest absolute Gasteiger partial charge is 0.335 e. The molecule has 1 aromatic rings. The first kappa shape index (κ1) is 16.4. The molecule has 134 valence electrons. The highest BCUT2D eigenvalue weighted by Gasteiger charge is 2.65. The van der Waals surface area contributed by atoms with Gasteiger partial charge in [0.15, 0.2) is 0 Å². The summed E-state index contributed by atoms with van der Waals surface area (Å²) in [6, 6.07) is 4.88. The van der Waals surface area contributed by atoms with E-state index in [4.69, 9.17) is 0 Å². The van der Waals surface area contributed by atoms with Crippen molar-refractivity contribution in [3.05, 3.63) is 35.4 Å². The highest BCUT2D eigenvalue weighted by molar-refractivity contribution is 5.95. The summed E-state index contributed by atoms with van der Waals surface area (Å²) in [7, 11) is 0. The molecule has 0 radical (unpaired) electrons. The van der Waals surface area contributed by atoms with E-state index in [2.05, 4.69) is 10.2 Å². The van der Waals surface area contributed by atoms with E-state index in [1.54, 1.807) is 0 Å². The van der Waals surface area contributed by atoms with Gasteiger partial charge in [-0.25, -0.2) is 8.78 Å². The lowest BCUT2D eigenvalue weighted by Gasteiger charge is -2.50. The molecule has 9 heteroatoms.